The van der Waals surface area contributed by atoms with E-state index < -0.39 is 0 Å². The van der Waals surface area contributed by atoms with Gasteiger partial charge in [-0.25, -0.2) is 0 Å². The second-order valence-corrected chi connectivity index (χ2v) is 6.26. The number of nitrogens with zero attached hydrogens (tertiary/aromatic N) is 1. The minimum atomic E-state index is 0.475. The van der Waals surface area contributed by atoms with Crippen LogP contribution in [-0.2, 0) is 0 Å². The number of hydrogen-bond donors (Lipinski definition) is 1. The Morgan fingerprint density at radius 1 is 1.18 bits per heavy atom. The molecular formula is C15H32N2. The summed E-state index contributed by atoms with van der Waals surface area (Å²) in [4.78, 5) is 2.73. The lowest BCUT2D eigenvalue weighted by Crippen LogP contribution is -2.40. The monoisotopic (exact) mass is 240 g/mol. The van der Waals surface area contributed by atoms with Gasteiger partial charge in [0.25, 0.3) is 0 Å². The molecule has 0 aromatic heterocycles. The molecule has 102 valence electrons. The van der Waals surface area contributed by atoms with Crippen LogP contribution in [0.1, 0.15) is 59.8 Å². The van der Waals surface area contributed by atoms with Crippen LogP contribution in [0.15, 0.2) is 0 Å². The van der Waals surface area contributed by atoms with Gasteiger partial charge in [0.1, 0.15) is 0 Å². The first-order valence-electron chi connectivity index (χ1n) is 7.56. The third-order valence-corrected chi connectivity index (χ3v) is 4.13. The molecule has 1 aliphatic rings. The number of hydrogen-bond acceptors (Lipinski definition) is 2. The van der Waals surface area contributed by atoms with Crippen LogP contribution in [-0.4, -0.2) is 30.1 Å². The summed E-state index contributed by atoms with van der Waals surface area (Å²) >= 11 is 0. The van der Waals surface area contributed by atoms with Gasteiger partial charge in [-0.05, 0) is 43.9 Å². The molecule has 2 unspecified atom stereocenters. The SMILES string of the molecule is CCC(CC)N(CC(C)C)CC1CCC(N)C1. The van der Waals surface area contributed by atoms with Crippen LogP contribution in [0.4, 0.5) is 0 Å². The topological polar surface area (TPSA) is 29.3 Å². The molecular weight excluding hydrogens is 208 g/mol. The summed E-state index contributed by atoms with van der Waals surface area (Å²) in [6.07, 6.45) is 6.39. The van der Waals surface area contributed by atoms with Crippen LogP contribution in [0.5, 0.6) is 0 Å². The smallest absolute Gasteiger partial charge is 0.00902 e. The van der Waals surface area contributed by atoms with E-state index in [1.165, 1.54) is 45.2 Å². The van der Waals surface area contributed by atoms with E-state index in [2.05, 4.69) is 32.6 Å². The molecule has 0 amide bonds. The molecule has 2 N–H and O–H groups in total. The Bertz CT molecular complexity index is 199. The molecule has 2 atom stereocenters. The van der Waals surface area contributed by atoms with Crippen molar-refractivity contribution < 1.29 is 0 Å². The van der Waals surface area contributed by atoms with Gasteiger partial charge in [-0.2, -0.15) is 0 Å². The summed E-state index contributed by atoms with van der Waals surface area (Å²) in [5.41, 5.74) is 6.02. The largest absolute Gasteiger partial charge is 0.328 e. The van der Waals surface area contributed by atoms with Gasteiger partial charge < -0.3 is 5.73 Å². The molecule has 0 saturated heterocycles. The van der Waals surface area contributed by atoms with E-state index in [1.54, 1.807) is 0 Å². The Kier molecular flexibility index (Phi) is 6.50. The Morgan fingerprint density at radius 3 is 2.24 bits per heavy atom. The van der Waals surface area contributed by atoms with Crippen LogP contribution >= 0.6 is 0 Å². The van der Waals surface area contributed by atoms with Gasteiger partial charge in [0.15, 0.2) is 0 Å². The molecule has 0 radical (unpaired) electrons. The van der Waals surface area contributed by atoms with Gasteiger partial charge in [0.2, 0.25) is 0 Å². The van der Waals surface area contributed by atoms with Crippen LogP contribution in [0.2, 0.25) is 0 Å². The van der Waals surface area contributed by atoms with Gasteiger partial charge in [0, 0.05) is 25.2 Å². The van der Waals surface area contributed by atoms with E-state index in [0.717, 1.165) is 17.9 Å². The molecule has 2 nitrogen and oxygen atoms in total. The maximum Gasteiger partial charge on any atom is 0.00902 e. The summed E-state index contributed by atoms with van der Waals surface area (Å²) in [5, 5.41) is 0. The minimum Gasteiger partial charge on any atom is -0.328 e. The highest BCUT2D eigenvalue weighted by Gasteiger charge is 2.26. The quantitative estimate of drug-likeness (QED) is 0.740. The van der Waals surface area contributed by atoms with E-state index in [-0.39, 0.29) is 0 Å². The Labute approximate surface area is 108 Å². The third kappa shape index (κ3) is 4.97. The number of rotatable bonds is 7. The van der Waals surface area contributed by atoms with Gasteiger partial charge >= 0.3 is 0 Å². The van der Waals surface area contributed by atoms with Crippen molar-refractivity contribution in [1.29, 1.82) is 0 Å². The minimum absolute atomic E-state index is 0.475. The van der Waals surface area contributed by atoms with Crippen molar-refractivity contribution in [2.45, 2.75) is 71.9 Å². The highest BCUT2D eigenvalue weighted by Crippen LogP contribution is 2.26. The van der Waals surface area contributed by atoms with E-state index in [0.29, 0.717) is 6.04 Å². The van der Waals surface area contributed by atoms with Crippen LogP contribution in [0.3, 0.4) is 0 Å². The van der Waals surface area contributed by atoms with Crippen LogP contribution in [0.25, 0.3) is 0 Å². The summed E-state index contributed by atoms with van der Waals surface area (Å²) in [5.74, 6) is 1.62. The average molecular weight is 240 g/mol. The first-order chi connectivity index (χ1) is 8.06. The van der Waals surface area contributed by atoms with Gasteiger partial charge in [0.05, 0.1) is 0 Å². The summed E-state index contributed by atoms with van der Waals surface area (Å²) in [6, 6.07) is 1.25. The molecule has 1 fully saturated rings. The second kappa shape index (κ2) is 7.38. The third-order valence-electron chi connectivity index (χ3n) is 4.13. The molecule has 0 aromatic rings. The maximum atomic E-state index is 6.02. The van der Waals surface area contributed by atoms with Crippen molar-refractivity contribution >= 4 is 0 Å². The molecule has 0 spiro atoms. The van der Waals surface area contributed by atoms with Crippen molar-refractivity contribution in [2.24, 2.45) is 17.6 Å². The van der Waals surface area contributed by atoms with E-state index in [4.69, 9.17) is 5.73 Å². The predicted molar refractivity (Wildman–Crippen MR) is 76.1 cm³/mol. The Hall–Kier alpha value is -0.0800. The molecule has 0 bridgehead atoms. The summed E-state index contributed by atoms with van der Waals surface area (Å²) in [7, 11) is 0. The lowest BCUT2D eigenvalue weighted by atomic mass is 10.0. The Balaban J connectivity index is 2.50. The van der Waals surface area contributed by atoms with Crippen molar-refractivity contribution in [1.82, 2.24) is 4.90 Å². The fourth-order valence-electron chi connectivity index (χ4n) is 3.26. The van der Waals surface area contributed by atoms with E-state index in [9.17, 15) is 0 Å². The molecule has 1 saturated carbocycles. The highest BCUT2D eigenvalue weighted by molar-refractivity contribution is 4.82. The normalized spacial score (nSPS) is 25.4. The number of nitrogens with two attached hydrogens (primary N) is 1. The van der Waals surface area contributed by atoms with Crippen molar-refractivity contribution in [3.8, 4) is 0 Å². The first-order valence-corrected chi connectivity index (χ1v) is 7.56. The zero-order chi connectivity index (χ0) is 12.8. The van der Waals surface area contributed by atoms with Gasteiger partial charge in [-0.15, -0.1) is 0 Å². The van der Waals surface area contributed by atoms with Crippen molar-refractivity contribution in [3.63, 3.8) is 0 Å². The summed E-state index contributed by atoms with van der Waals surface area (Å²) < 4.78 is 0. The molecule has 17 heavy (non-hydrogen) atoms. The lowest BCUT2D eigenvalue weighted by Gasteiger charge is -2.34. The first kappa shape index (κ1) is 15.0. The van der Waals surface area contributed by atoms with Gasteiger partial charge in [-0.1, -0.05) is 27.7 Å². The van der Waals surface area contributed by atoms with Crippen molar-refractivity contribution in [3.05, 3.63) is 0 Å². The molecule has 1 aliphatic carbocycles. The van der Waals surface area contributed by atoms with Crippen LogP contribution < -0.4 is 5.73 Å². The molecule has 2 heteroatoms. The van der Waals surface area contributed by atoms with E-state index in [1.807, 2.05) is 0 Å². The highest BCUT2D eigenvalue weighted by atomic mass is 15.2. The van der Waals surface area contributed by atoms with Gasteiger partial charge in [-0.3, -0.25) is 4.90 Å². The lowest BCUT2D eigenvalue weighted by molar-refractivity contribution is 0.141. The summed E-state index contributed by atoms with van der Waals surface area (Å²) in [6.45, 7) is 11.8. The Morgan fingerprint density at radius 2 is 1.82 bits per heavy atom. The molecule has 0 heterocycles. The van der Waals surface area contributed by atoms with Crippen molar-refractivity contribution in [2.75, 3.05) is 13.1 Å². The zero-order valence-corrected chi connectivity index (χ0v) is 12.3. The van der Waals surface area contributed by atoms with E-state index >= 15 is 0 Å². The fourth-order valence-corrected chi connectivity index (χ4v) is 3.26. The maximum absolute atomic E-state index is 6.02. The fraction of sp³-hybridized carbons (Fsp3) is 1.00. The second-order valence-electron chi connectivity index (χ2n) is 6.26. The predicted octanol–water partition coefficient (Wildman–Crippen LogP) is 3.26. The standard InChI is InChI=1S/C15H32N2/c1-5-15(6-2)17(10-12(3)4)11-13-7-8-14(16)9-13/h12-15H,5-11,16H2,1-4H3. The average Bonchev–Trinajstić information content (AvgIpc) is 2.65. The van der Waals surface area contributed by atoms with Crippen LogP contribution in [0, 0.1) is 11.8 Å². The molecule has 1 rings (SSSR count). The molecule has 0 aromatic carbocycles. The zero-order valence-electron chi connectivity index (χ0n) is 12.3. The molecule has 0 aliphatic heterocycles.